The number of hydrogen-bond donors (Lipinski definition) is 1. The Kier molecular flexibility index (Phi) is 6.25. The topological polar surface area (TPSA) is 69.0 Å². The molecule has 2 aromatic heterocycles. The third-order valence-electron chi connectivity index (χ3n) is 4.88. The summed E-state index contributed by atoms with van der Waals surface area (Å²) in [4.78, 5) is 17.1. The SMILES string of the molecule is Cc1nn(CC(=O)Nc2ccccc2OC(F)F)c2nc(-c3ccccc3)cc(C(F)F)c12. The third kappa shape index (κ3) is 4.79. The summed E-state index contributed by atoms with van der Waals surface area (Å²) in [5.41, 5.74) is 1.17. The summed E-state index contributed by atoms with van der Waals surface area (Å²) < 4.78 is 58.6. The van der Waals surface area contributed by atoms with E-state index in [1.54, 1.807) is 43.3 Å². The number of aromatic nitrogens is 3. The van der Waals surface area contributed by atoms with Crippen molar-refractivity contribution in [3.63, 3.8) is 0 Å². The zero-order valence-electron chi connectivity index (χ0n) is 17.3. The quantitative estimate of drug-likeness (QED) is 0.367. The Morgan fingerprint density at radius 2 is 1.76 bits per heavy atom. The average molecular weight is 458 g/mol. The van der Waals surface area contributed by atoms with Gasteiger partial charge in [-0.05, 0) is 25.1 Å². The molecule has 2 aromatic carbocycles. The fourth-order valence-corrected chi connectivity index (χ4v) is 3.52. The Hall–Kier alpha value is -3.95. The van der Waals surface area contributed by atoms with Crippen molar-refractivity contribution >= 4 is 22.6 Å². The van der Waals surface area contributed by atoms with Crippen LogP contribution in [0.1, 0.15) is 17.7 Å². The molecule has 1 amide bonds. The fraction of sp³-hybridized carbons (Fsp3) is 0.174. The molecule has 0 aliphatic carbocycles. The van der Waals surface area contributed by atoms with Crippen LogP contribution in [0.3, 0.4) is 0 Å². The van der Waals surface area contributed by atoms with Crippen molar-refractivity contribution in [2.75, 3.05) is 5.32 Å². The molecular formula is C23H18F4N4O2. The van der Waals surface area contributed by atoms with Crippen molar-refractivity contribution in [3.8, 4) is 17.0 Å². The van der Waals surface area contributed by atoms with Crippen molar-refractivity contribution < 1.29 is 27.1 Å². The number of halogens is 4. The molecule has 0 saturated heterocycles. The van der Waals surface area contributed by atoms with Gasteiger partial charge in [-0.2, -0.15) is 13.9 Å². The molecular weight excluding hydrogens is 440 g/mol. The second-order valence-corrected chi connectivity index (χ2v) is 7.13. The summed E-state index contributed by atoms with van der Waals surface area (Å²) in [6.45, 7) is -1.88. The first kappa shape index (κ1) is 22.3. The highest BCUT2D eigenvalue weighted by Crippen LogP contribution is 2.33. The van der Waals surface area contributed by atoms with E-state index in [1.165, 1.54) is 28.9 Å². The Morgan fingerprint density at radius 3 is 2.45 bits per heavy atom. The first-order chi connectivity index (χ1) is 15.8. The average Bonchev–Trinajstić information content (AvgIpc) is 3.09. The number of nitrogens with zero attached hydrogens (tertiary/aromatic N) is 3. The van der Waals surface area contributed by atoms with Gasteiger partial charge in [-0.3, -0.25) is 4.79 Å². The number of nitrogens with one attached hydrogen (secondary N) is 1. The van der Waals surface area contributed by atoms with Crippen LogP contribution < -0.4 is 10.1 Å². The number of ether oxygens (including phenoxy) is 1. The van der Waals surface area contributed by atoms with Crippen molar-refractivity contribution in [1.29, 1.82) is 0 Å². The molecule has 0 spiro atoms. The number of anilines is 1. The number of para-hydroxylation sites is 2. The third-order valence-corrected chi connectivity index (χ3v) is 4.88. The summed E-state index contributed by atoms with van der Waals surface area (Å²) in [6, 6.07) is 15.8. The summed E-state index contributed by atoms with van der Waals surface area (Å²) in [5, 5.41) is 6.88. The summed E-state index contributed by atoms with van der Waals surface area (Å²) >= 11 is 0. The van der Waals surface area contributed by atoms with Crippen molar-refractivity contribution in [3.05, 3.63) is 71.9 Å². The zero-order chi connectivity index (χ0) is 23.5. The number of benzene rings is 2. The predicted molar refractivity (Wildman–Crippen MR) is 114 cm³/mol. The van der Waals surface area contributed by atoms with Crippen LogP contribution in [0.15, 0.2) is 60.7 Å². The van der Waals surface area contributed by atoms with Gasteiger partial charge in [0.2, 0.25) is 5.91 Å². The molecule has 0 unspecified atom stereocenters. The first-order valence-corrected chi connectivity index (χ1v) is 9.89. The molecule has 4 aromatic rings. The standard InChI is InChI=1S/C23H18F4N4O2/c1-13-20-15(21(24)25)11-17(14-7-3-2-4-8-14)29-22(20)31(30-13)12-19(32)28-16-9-5-6-10-18(16)33-23(26)27/h2-11,21,23H,12H2,1H3,(H,28,32). The smallest absolute Gasteiger partial charge is 0.387 e. The number of pyridine rings is 1. The molecule has 0 atom stereocenters. The molecule has 0 bridgehead atoms. The van der Waals surface area contributed by atoms with Crippen LogP contribution in [0.4, 0.5) is 23.2 Å². The largest absolute Gasteiger partial charge is 0.433 e. The van der Waals surface area contributed by atoms with Crippen molar-refractivity contribution in [1.82, 2.24) is 14.8 Å². The van der Waals surface area contributed by atoms with Crippen LogP contribution in [0.25, 0.3) is 22.3 Å². The fourth-order valence-electron chi connectivity index (χ4n) is 3.52. The minimum atomic E-state index is -3.06. The number of rotatable bonds is 7. The van der Waals surface area contributed by atoms with Gasteiger partial charge in [0.05, 0.1) is 22.5 Å². The highest BCUT2D eigenvalue weighted by molar-refractivity contribution is 5.93. The molecule has 4 rings (SSSR count). The van der Waals surface area contributed by atoms with E-state index in [0.29, 0.717) is 17.0 Å². The van der Waals surface area contributed by atoms with Crippen LogP contribution in [0.2, 0.25) is 0 Å². The Balaban J connectivity index is 1.70. The van der Waals surface area contributed by atoms with Crippen LogP contribution >= 0.6 is 0 Å². The maximum Gasteiger partial charge on any atom is 0.387 e. The number of aryl methyl sites for hydroxylation is 1. The van der Waals surface area contributed by atoms with Gasteiger partial charge in [-0.1, -0.05) is 42.5 Å². The van der Waals surface area contributed by atoms with E-state index in [-0.39, 0.29) is 34.6 Å². The predicted octanol–water partition coefficient (Wildman–Crippen LogP) is 5.58. The number of carbonyl (C=O) groups is 1. The Bertz CT molecular complexity index is 1290. The molecule has 2 heterocycles. The van der Waals surface area contributed by atoms with Crippen LogP contribution in [0, 0.1) is 6.92 Å². The van der Waals surface area contributed by atoms with E-state index < -0.39 is 18.9 Å². The number of alkyl halides is 4. The molecule has 33 heavy (non-hydrogen) atoms. The molecule has 0 saturated carbocycles. The number of amides is 1. The number of carbonyl (C=O) groups excluding carboxylic acids is 1. The number of hydrogen-bond acceptors (Lipinski definition) is 4. The van der Waals surface area contributed by atoms with Gasteiger partial charge >= 0.3 is 6.61 Å². The van der Waals surface area contributed by atoms with E-state index in [2.05, 4.69) is 20.1 Å². The minimum absolute atomic E-state index is 0.0437. The van der Waals surface area contributed by atoms with Gasteiger partial charge in [0.1, 0.15) is 12.3 Å². The lowest BCUT2D eigenvalue weighted by atomic mass is 10.1. The monoisotopic (exact) mass is 458 g/mol. The maximum atomic E-state index is 13.9. The highest BCUT2D eigenvalue weighted by atomic mass is 19.3. The molecule has 0 radical (unpaired) electrons. The van der Waals surface area contributed by atoms with E-state index in [9.17, 15) is 22.4 Å². The molecule has 0 fully saturated rings. The van der Waals surface area contributed by atoms with Gasteiger partial charge in [0.25, 0.3) is 6.43 Å². The van der Waals surface area contributed by atoms with Gasteiger partial charge in [0, 0.05) is 11.1 Å². The van der Waals surface area contributed by atoms with Crippen molar-refractivity contribution in [2.24, 2.45) is 0 Å². The van der Waals surface area contributed by atoms with Crippen LogP contribution in [0.5, 0.6) is 5.75 Å². The maximum absolute atomic E-state index is 13.9. The molecule has 0 aliphatic rings. The molecule has 0 aliphatic heterocycles. The van der Waals surface area contributed by atoms with Gasteiger partial charge in [-0.15, -0.1) is 0 Å². The first-order valence-electron chi connectivity index (χ1n) is 9.89. The molecule has 6 nitrogen and oxygen atoms in total. The summed E-state index contributed by atoms with van der Waals surface area (Å²) in [7, 11) is 0. The second-order valence-electron chi connectivity index (χ2n) is 7.13. The molecule has 1 N–H and O–H groups in total. The van der Waals surface area contributed by atoms with E-state index in [0.717, 1.165) is 0 Å². The Labute approximate surface area is 185 Å². The van der Waals surface area contributed by atoms with Crippen LogP contribution in [-0.4, -0.2) is 27.3 Å². The zero-order valence-corrected chi connectivity index (χ0v) is 17.3. The van der Waals surface area contributed by atoms with E-state index in [4.69, 9.17) is 0 Å². The van der Waals surface area contributed by atoms with Gasteiger partial charge in [-0.25, -0.2) is 18.4 Å². The molecule has 10 heteroatoms. The van der Waals surface area contributed by atoms with E-state index in [1.807, 2.05) is 0 Å². The number of fused-ring (bicyclic) bond motifs is 1. The highest BCUT2D eigenvalue weighted by Gasteiger charge is 2.22. The second kappa shape index (κ2) is 9.27. The van der Waals surface area contributed by atoms with Crippen LogP contribution in [-0.2, 0) is 11.3 Å². The van der Waals surface area contributed by atoms with Gasteiger partial charge < -0.3 is 10.1 Å². The normalized spacial score (nSPS) is 11.4. The molecule has 170 valence electrons. The lowest BCUT2D eigenvalue weighted by Crippen LogP contribution is -2.20. The lowest BCUT2D eigenvalue weighted by molar-refractivity contribution is -0.116. The summed E-state index contributed by atoms with van der Waals surface area (Å²) in [6.07, 6.45) is -2.78. The van der Waals surface area contributed by atoms with Gasteiger partial charge in [0.15, 0.2) is 5.65 Å². The lowest BCUT2D eigenvalue weighted by Gasteiger charge is -2.12. The minimum Gasteiger partial charge on any atom is -0.433 e. The summed E-state index contributed by atoms with van der Waals surface area (Å²) in [5.74, 6) is -0.818. The van der Waals surface area contributed by atoms with E-state index >= 15 is 0 Å². The Morgan fingerprint density at radius 1 is 1.06 bits per heavy atom. The van der Waals surface area contributed by atoms with Crippen molar-refractivity contribution in [2.45, 2.75) is 26.5 Å².